The van der Waals surface area contributed by atoms with Gasteiger partial charge in [-0.1, -0.05) is 19.1 Å². The monoisotopic (exact) mass is 334 g/mol. The molecule has 3 rings (SSSR count). The van der Waals surface area contributed by atoms with E-state index in [1.165, 1.54) is 0 Å². The molecule has 0 saturated heterocycles. The molecule has 7 heteroatoms. The molecule has 2 aromatic rings. The van der Waals surface area contributed by atoms with Crippen LogP contribution in [0.4, 0.5) is 5.69 Å². The van der Waals surface area contributed by atoms with Crippen LogP contribution in [0.25, 0.3) is 0 Å². The van der Waals surface area contributed by atoms with Gasteiger partial charge in [-0.3, -0.25) is 4.98 Å². The van der Waals surface area contributed by atoms with E-state index in [9.17, 15) is 8.42 Å². The average Bonchev–Trinajstić information content (AvgIpc) is 2.46. The zero-order chi connectivity index (χ0) is 16.8. The number of hydrogen-bond donors (Lipinski definition) is 2. The molecule has 3 N–H and O–H groups in total. The normalized spacial score (nSPS) is 16.9. The van der Waals surface area contributed by atoms with Crippen LogP contribution in [0, 0.1) is 13.8 Å². The minimum absolute atomic E-state index is 0. The Morgan fingerprint density at radius 3 is 2.61 bits per heavy atom. The third-order valence-electron chi connectivity index (χ3n) is 4.04. The van der Waals surface area contributed by atoms with E-state index in [0.29, 0.717) is 5.69 Å². The maximum Gasteiger partial charge on any atom is 0.287 e. The third-order valence-corrected chi connectivity index (χ3v) is 5.38. The quantitative estimate of drug-likeness (QED) is 0.880. The standard InChI is InChI=1S/C16H18N4O2S.2H2/c1-9-4-7-13-15(19-16(17)20-23(13,21)22)14(9)11(3)12-6-5-10(2)18-8-12;;/h4-8,11H,1-3H3,(H3,17,19,20);2*1H/t11-;;/m1../s1. The molecule has 6 nitrogen and oxygen atoms in total. The molecule has 1 aromatic heterocycles. The summed E-state index contributed by atoms with van der Waals surface area (Å²) in [5.74, 6) is -0.148. The number of nitrogens with zero attached hydrogens (tertiary/aromatic N) is 2. The number of anilines is 1. The third kappa shape index (κ3) is 2.68. The lowest BCUT2D eigenvalue weighted by Crippen LogP contribution is -2.30. The van der Waals surface area contributed by atoms with Gasteiger partial charge in [-0.2, -0.15) is 8.42 Å². The number of rotatable bonds is 2. The van der Waals surface area contributed by atoms with Gasteiger partial charge in [0.05, 0.1) is 5.69 Å². The van der Waals surface area contributed by atoms with Gasteiger partial charge in [0.15, 0.2) is 0 Å². The summed E-state index contributed by atoms with van der Waals surface area (Å²) in [6, 6.07) is 7.30. The van der Waals surface area contributed by atoms with Gasteiger partial charge < -0.3 is 11.1 Å². The molecule has 2 heterocycles. The Labute approximate surface area is 138 Å². The Balaban J connectivity index is 0.00000156. The van der Waals surface area contributed by atoms with Crippen molar-refractivity contribution >= 4 is 21.7 Å². The molecule has 124 valence electrons. The van der Waals surface area contributed by atoms with Gasteiger partial charge in [0.1, 0.15) is 4.90 Å². The lowest BCUT2D eigenvalue weighted by molar-refractivity contribution is 0.597. The molecule has 0 aliphatic carbocycles. The molecule has 1 atom stereocenters. The molecular formula is C16H22N4O2S. The van der Waals surface area contributed by atoms with Crippen LogP contribution in [0.3, 0.4) is 0 Å². The van der Waals surface area contributed by atoms with E-state index in [0.717, 1.165) is 22.4 Å². The number of nitrogens with two attached hydrogens (primary N) is 1. The second kappa shape index (κ2) is 5.34. The SMILES string of the molecule is Cc1ccc([C@@H](C)c2c(C)ccc3c2NC(N)=NS3(=O)=O)cn1.[HH].[HH]. The second-order valence-electron chi connectivity index (χ2n) is 5.70. The van der Waals surface area contributed by atoms with Gasteiger partial charge in [-0.25, -0.2) is 0 Å². The van der Waals surface area contributed by atoms with Crippen LogP contribution in [0.15, 0.2) is 39.8 Å². The summed E-state index contributed by atoms with van der Waals surface area (Å²) in [6.07, 6.45) is 1.81. The number of aromatic nitrogens is 1. The van der Waals surface area contributed by atoms with Gasteiger partial charge in [-0.05, 0) is 42.7 Å². The molecule has 1 aliphatic heterocycles. The summed E-state index contributed by atoms with van der Waals surface area (Å²) in [7, 11) is -3.77. The number of fused-ring (bicyclic) bond motifs is 1. The number of guanidine groups is 1. The van der Waals surface area contributed by atoms with Gasteiger partial charge in [0.2, 0.25) is 5.96 Å². The largest absolute Gasteiger partial charge is 0.369 e. The molecule has 23 heavy (non-hydrogen) atoms. The van der Waals surface area contributed by atoms with Crippen molar-refractivity contribution in [3.05, 3.63) is 52.8 Å². The van der Waals surface area contributed by atoms with Crippen molar-refractivity contribution in [2.45, 2.75) is 31.6 Å². The van der Waals surface area contributed by atoms with Crippen molar-refractivity contribution < 1.29 is 11.3 Å². The molecule has 0 spiro atoms. The van der Waals surface area contributed by atoms with Crippen LogP contribution in [0.2, 0.25) is 0 Å². The van der Waals surface area contributed by atoms with Crippen molar-refractivity contribution in [2.24, 2.45) is 10.1 Å². The lowest BCUT2D eigenvalue weighted by atomic mass is 9.89. The Morgan fingerprint density at radius 1 is 1.22 bits per heavy atom. The van der Waals surface area contributed by atoms with E-state index in [2.05, 4.69) is 14.7 Å². The zero-order valence-electron chi connectivity index (χ0n) is 13.2. The van der Waals surface area contributed by atoms with Crippen molar-refractivity contribution in [2.75, 3.05) is 5.32 Å². The number of hydrogen-bond acceptors (Lipinski definition) is 5. The molecule has 0 amide bonds. The highest BCUT2D eigenvalue weighted by Gasteiger charge is 2.29. The summed E-state index contributed by atoms with van der Waals surface area (Å²) in [4.78, 5) is 4.48. The number of nitrogens with one attached hydrogen (secondary N) is 1. The second-order valence-corrected chi connectivity index (χ2v) is 7.27. The molecule has 0 radical (unpaired) electrons. The maximum atomic E-state index is 12.2. The Morgan fingerprint density at radius 2 is 1.96 bits per heavy atom. The molecule has 0 bridgehead atoms. The van der Waals surface area contributed by atoms with Crippen LogP contribution in [0.1, 0.15) is 38.1 Å². The van der Waals surface area contributed by atoms with E-state index in [-0.39, 0.29) is 19.6 Å². The fraction of sp³-hybridized carbons (Fsp3) is 0.250. The topological polar surface area (TPSA) is 97.4 Å². The zero-order valence-corrected chi connectivity index (χ0v) is 14.0. The molecule has 0 saturated carbocycles. The van der Waals surface area contributed by atoms with Gasteiger partial charge in [-0.15, -0.1) is 4.40 Å². The minimum Gasteiger partial charge on any atom is -0.369 e. The predicted molar refractivity (Wildman–Crippen MR) is 94.3 cm³/mol. The fourth-order valence-electron chi connectivity index (χ4n) is 2.84. The summed E-state index contributed by atoms with van der Waals surface area (Å²) >= 11 is 0. The maximum absolute atomic E-state index is 12.2. The summed E-state index contributed by atoms with van der Waals surface area (Å²) in [5.41, 5.74) is 9.96. The highest BCUT2D eigenvalue weighted by Crippen LogP contribution is 2.38. The van der Waals surface area contributed by atoms with Gasteiger partial charge >= 0.3 is 0 Å². The molecule has 0 unspecified atom stereocenters. The molecule has 1 aromatic carbocycles. The first-order valence-corrected chi connectivity index (χ1v) is 8.67. The van der Waals surface area contributed by atoms with Crippen LogP contribution in [-0.2, 0) is 10.0 Å². The van der Waals surface area contributed by atoms with Crippen molar-refractivity contribution in [3.8, 4) is 0 Å². The average molecular weight is 334 g/mol. The first-order valence-electron chi connectivity index (χ1n) is 7.23. The first kappa shape index (κ1) is 15.5. The van der Waals surface area contributed by atoms with Crippen LogP contribution >= 0.6 is 0 Å². The van der Waals surface area contributed by atoms with E-state index in [1.54, 1.807) is 12.1 Å². The van der Waals surface area contributed by atoms with Crippen LogP contribution < -0.4 is 11.1 Å². The van der Waals surface area contributed by atoms with E-state index in [1.807, 2.05) is 39.1 Å². The van der Waals surface area contributed by atoms with Gasteiger partial charge in [0, 0.05) is 20.7 Å². The smallest absolute Gasteiger partial charge is 0.287 e. The van der Waals surface area contributed by atoms with Crippen molar-refractivity contribution in [3.63, 3.8) is 0 Å². The predicted octanol–water partition coefficient (Wildman–Crippen LogP) is 2.77. The Bertz CT molecular complexity index is 912. The van der Waals surface area contributed by atoms with Crippen molar-refractivity contribution in [1.82, 2.24) is 4.98 Å². The first-order chi connectivity index (χ1) is 10.8. The molecule has 1 aliphatic rings. The fourth-order valence-corrected chi connectivity index (χ4v) is 3.90. The van der Waals surface area contributed by atoms with E-state index in [4.69, 9.17) is 5.73 Å². The van der Waals surface area contributed by atoms with E-state index < -0.39 is 10.0 Å². The van der Waals surface area contributed by atoms with Crippen LogP contribution in [-0.4, -0.2) is 19.4 Å². The summed E-state index contributed by atoms with van der Waals surface area (Å²) in [5, 5.41) is 2.92. The molecular weight excluding hydrogens is 312 g/mol. The number of pyridine rings is 1. The number of aryl methyl sites for hydroxylation is 2. The van der Waals surface area contributed by atoms with E-state index >= 15 is 0 Å². The summed E-state index contributed by atoms with van der Waals surface area (Å²) in [6.45, 7) is 5.89. The van der Waals surface area contributed by atoms with Gasteiger partial charge in [0.25, 0.3) is 10.0 Å². The highest BCUT2D eigenvalue weighted by atomic mass is 32.2. The van der Waals surface area contributed by atoms with Crippen molar-refractivity contribution in [1.29, 1.82) is 0 Å². The number of benzene rings is 1. The Kier molecular flexibility index (Phi) is 3.60. The lowest BCUT2D eigenvalue weighted by Gasteiger charge is -2.24. The Hall–Kier alpha value is -2.41. The minimum atomic E-state index is -3.77. The van der Waals surface area contributed by atoms with Crippen LogP contribution in [0.5, 0.6) is 0 Å². The highest BCUT2D eigenvalue weighted by molar-refractivity contribution is 7.90. The molecule has 0 fully saturated rings. The summed E-state index contributed by atoms with van der Waals surface area (Å²) < 4.78 is 28.0. The number of sulfonamides is 1.